The highest BCUT2D eigenvalue weighted by atomic mass is 32.2. The SMILES string of the molecule is COC(=O)C1=C(C)NC2=C(C1c1c(C)c(C)c(C)c(C)c1C)S(=O)(=O)c1ccccc1CC2. The van der Waals surface area contributed by atoms with E-state index in [4.69, 9.17) is 4.74 Å². The van der Waals surface area contributed by atoms with Gasteiger partial charge >= 0.3 is 5.97 Å². The summed E-state index contributed by atoms with van der Waals surface area (Å²) in [5.41, 5.74) is 8.77. The van der Waals surface area contributed by atoms with E-state index in [1.54, 1.807) is 12.1 Å². The molecule has 0 aromatic heterocycles. The maximum Gasteiger partial charge on any atom is 0.336 e. The first-order valence-corrected chi connectivity index (χ1v) is 12.7. The predicted octanol–water partition coefficient (Wildman–Crippen LogP) is 4.99. The van der Waals surface area contributed by atoms with Crippen LogP contribution in [0.2, 0.25) is 0 Å². The molecule has 2 aliphatic rings. The van der Waals surface area contributed by atoms with E-state index in [1.165, 1.54) is 12.7 Å². The highest BCUT2D eigenvalue weighted by Gasteiger charge is 2.44. The Labute approximate surface area is 196 Å². The molecule has 0 bridgehead atoms. The summed E-state index contributed by atoms with van der Waals surface area (Å²) in [6.07, 6.45) is 1.16. The first-order valence-electron chi connectivity index (χ1n) is 11.2. The number of fused-ring (bicyclic) bond motifs is 1. The van der Waals surface area contributed by atoms with Gasteiger partial charge < -0.3 is 10.1 Å². The maximum atomic E-state index is 14.2. The van der Waals surface area contributed by atoms with Crippen LogP contribution in [0, 0.1) is 34.6 Å². The van der Waals surface area contributed by atoms with Crippen LogP contribution < -0.4 is 5.32 Å². The van der Waals surface area contributed by atoms with Gasteiger partial charge in [0.2, 0.25) is 9.84 Å². The molecule has 2 aromatic rings. The van der Waals surface area contributed by atoms with Gasteiger partial charge in [-0.3, -0.25) is 0 Å². The number of methoxy groups -OCH3 is 1. The molecule has 2 aliphatic heterocycles. The van der Waals surface area contributed by atoms with E-state index in [0.29, 0.717) is 34.7 Å². The first kappa shape index (κ1) is 23.3. The van der Waals surface area contributed by atoms with E-state index >= 15 is 0 Å². The lowest BCUT2D eigenvalue weighted by atomic mass is 9.78. The van der Waals surface area contributed by atoms with Crippen molar-refractivity contribution in [3.63, 3.8) is 0 Å². The number of rotatable bonds is 2. The summed E-state index contributed by atoms with van der Waals surface area (Å²) in [4.78, 5) is 13.7. The monoisotopic (exact) mass is 465 g/mol. The number of carbonyl (C=O) groups excluding carboxylic acids is 1. The zero-order valence-electron chi connectivity index (χ0n) is 20.3. The van der Waals surface area contributed by atoms with Crippen molar-refractivity contribution in [1.29, 1.82) is 0 Å². The maximum absolute atomic E-state index is 14.2. The number of esters is 1. The molecule has 0 fully saturated rings. The van der Waals surface area contributed by atoms with Gasteiger partial charge in [-0.25, -0.2) is 13.2 Å². The third-order valence-electron chi connectivity index (χ3n) is 7.54. The second-order valence-electron chi connectivity index (χ2n) is 9.08. The lowest BCUT2D eigenvalue weighted by Crippen LogP contribution is -2.33. The summed E-state index contributed by atoms with van der Waals surface area (Å²) in [5.74, 6) is -1.25. The van der Waals surface area contributed by atoms with Crippen LogP contribution in [0.1, 0.15) is 58.2 Å². The molecule has 6 heteroatoms. The summed E-state index contributed by atoms with van der Waals surface area (Å²) in [6.45, 7) is 12.1. The quantitative estimate of drug-likeness (QED) is 0.633. The number of hydrogen-bond acceptors (Lipinski definition) is 5. The molecule has 174 valence electrons. The van der Waals surface area contributed by atoms with Gasteiger partial charge in [-0.05, 0) is 99.4 Å². The van der Waals surface area contributed by atoms with Crippen molar-refractivity contribution >= 4 is 15.8 Å². The van der Waals surface area contributed by atoms with Crippen LogP contribution in [0.3, 0.4) is 0 Å². The number of nitrogens with one attached hydrogen (secondary N) is 1. The van der Waals surface area contributed by atoms with Gasteiger partial charge in [-0.15, -0.1) is 0 Å². The fourth-order valence-corrected chi connectivity index (χ4v) is 7.38. The first-order chi connectivity index (χ1) is 15.5. The van der Waals surface area contributed by atoms with Gasteiger partial charge in [0.1, 0.15) is 0 Å². The van der Waals surface area contributed by atoms with Crippen LogP contribution >= 0.6 is 0 Å². The van der Waals surface area contributed by atoms with E-state index in [0.717, 1.165) is 33.4 Å². The van der Waals surface area contributed by atoms with Crippen LogP contribution in [-0.2, 0) is 25.8 Å². The Kier molecular flexibility index (Phi) is 5.77. The molecule has 1 unspecified atom stereocenters. The lowest BCUT2D eigenvalue weighted by molar-refractivity contribution is -0.136. The summed E-state index contributed by atoms with van der Waals surface area (Å²) in [5, 5.41) is 3.27. The summed E-state index contributed by atoms with van der Waals surface area (Å²) < 4.78 is 33.6. The minimum absolute atomic E-state index is 0.271. The average molecular weight is 466 g/mol. The minimum Gasteiger partial charge on any atom is -0.466 e. The number of allylic oxidation sites excluding steroid dienone is 3. The van der Waals surface area contributed by atoms with Crippen molar-refractivity contribution in [3.8, 4) is 0 Å². The van der Waals surface area contributed by atoms with Crippen LogP contribution in [0.15, 0.2) is 51.0 Å². The fourth-order valence-electron chi connectivity index (χ4n) is 5.35. The molecule has 1 atom stereocenters. The summed E-state index contributed by atoms with van der Waals surface area (Å²) >= 11 is 0. The number of sulfone groups is 1. The second kappa shape index (κ2) is 8.17. The molecule has 2 heterocycles. The Morgan fingerprint density at radius 3 is 2.09 bits per heavy atom. The summed E-state index contributed by atoms with van der Waals surface area (Å²) in [6, 6.07) is 7.17. The van der Waals surface area contributed by atoms with E-state index in [-0.39, 0.29) is 4.91 Å². The smallest absolute Gasteiger partial charge is 0.336 e. The molecule has 0 aliphatic carbocycles. The Hall–Kier alpha value is -2.86. The van der Waals surface area contributed by atoms with Crippen LogP contribution in [0.4, 0.5) is 0 Å². The van der Waals surface area contributed by atoms with Gasteiger partial charge in [0.25, 0.3) is 0 Å². The van der Waals surface area contributed by atoms with E-state index in [9.17, 15) is 13.2 Å². The van der Waals surface area contributed by atoms with Gasteiger partial charge in [-0.2, -0.15) is 0 Å². The second-order valence-corrected chi connectivity index (χ2v) is 11.0. The van der Waals surface area contributed by atoms with Crippen molar-refractivity contribution < 1.29 is 17.9 Å². The largest absolute Gasteiger partial charge is 0.466 e. The zero-order chi connectivity index (χ0) is 24.2. The fraction of sp³-hybridized carbons (Fsp3) is 0.370. The van der Waals surface area contributed by atoms with Crippen LogP contribution in [-0.4, -0.2) is 21.5 Å². The highest BCUT2D eigenvalue weighted by Crippen LogP contribution is 2.48. The highest BCUT2D eigenvalue weighted by molar-refractivity contribution is 7.95. The van der Waals surface area contributed by atoms with Gasteiger partial charge in [0.05, 0.1) is 28.4 Å². The molecule has 0 radical (unpaired) electrons. The normalized spacial score (nSPS) is 19.4. The molecule has 5 nitrogen and oxygen atoms in total. The van der Waals surface area contributed by atoms with Crippen molar-refractivity contribution in [3.05, 3.63) is 85.1 Å². The number of dihydropyridines is 1. The molecular weight excluding hydrogens is 434 g/mol. The molecule has 4 rings (SSSR count). The van der Waals surface area contributed by atoms with Gasteiger partial charge in [0, 0.05) is 11.4 Å². The zero-order valence-corrected chi connectivity index (χ0v) is 21.2. The Morgan fingerprint density at radius 2 is 1.48 bits per heavy atom. The molecule has 0 amide bonds. The number of aryl methyl sites for hydroxylation is 1. The predicted molar refractivity (Wildman–Crippen MR) is 130 cm³/mol. The van der Waals surface area contributed by atoms with Gasteiger partial charge in [0.15, 0.2) is 0 Å². The van der Waals surface area contributed by atoms with Crippen LogP contribution in [0.25, 0.3) is 0 Å². The molecule has 0 spiro atoms. The number of ether oxygens (including phenoxy) is 1. The Bertz CT molecular complexity index is 1330. The molecule has 0 saturated carbocycles. The molecule has 0 saturated heterocycles. The van der Waals surface area contributed by atoms with E-state index in [2.05, 4.69) is 26.1 Å². The summed E-state index contributed by atoms with van der Waals surface area (Å²) in [7, 11) is -2.53. The van der Waals surface area contributed by atoms with Crippen molar-refractivity contribution in [2.45, 2.75) is 65.2 Å². The van der Waals surface area contributed by atoms with Crippen molar-refractivity contribution in [1.82, 2.24) is 5.32 Å². The van der Waals surface area contributed by atoms with Crippen LogP contribution in [0.5, 0.6) is 0 Å². The standard InChI is InChI=1S/C27H31NO4S/c1-14-15(2)17(4)23(18(5)16(14)3)25-24(27(29)32-7)19(6)28-21-13-12-20-10-8-9-11-22(20)33(30,31)26(21)25/h8-11,25,28H,12-13H2,1-7H3. The van der Waals surface area contributed by atoms with Gasteiger partial charge in [-0.1, -0.05) is 18.2 Å². The molecule has 33 heavy (non-hydrogen) atoms. The van der Waals surface area contributed by atoms with E-state index in [1.807, 2.05) is 32.9 Å². The third-order valence-corrected chi connectivity index (χ3v) is 9.58. The van der Waals surface area contributed by atoms with Crippen molar-refractivity contribution in [2.24, 2.45) is 0 Å². The topological polar surface area (TPSA) is 72.5 Å². The lowest BCUT2D eigenvalue weighted by Gasteiger charge is -2.34. The number of hydrogen-bond donors (Lipinski definition) is 1. The molecule has 1 N–H and O–H groups in total. The number of benzene rings is 2. The number of carbonyl (C=O) groups is 1. The molecule has 2 aromatic carbocycles. The van der Waals surface area contributed by atoms with E-state index < -0.39 is 21.7 Å². The Morgan fingerprint density at radius 1 is 0.909 bits per heavy atom. The molecular formula is C27H31NO4S. The van der Waals surface area contributed by atoms with Crippen molar-refractivity contribution in [2.75, 3.05) is 7.11 Å². The average Bonchev–Trinajstić information content (AvgIpc) is 2.90. The third kappa shape index (κ3) is 3.43. The minimum atomic E-state index is -3.87. The Balaban J connectivity index is 2.13.